The molecule has 1 aliphatic heterocycles. The Balaban J connectivity index is 1.88. The Morgan fingerprint density at radius 1 is 1.12 bits per heavy atom. The minimum Gasteiger partial charge on any atom is -0.493 e. The summed E-state index contributed by atoms with van der Waals surface area (Å²) in [4.78, 5) is 26.4. The minimum atomic E-state index is -0.310. The summed E-state index contributed by atoms with van der Waals surface area (Å²) in [7, 11) is 3.02. The third kappa shape index (κ3) is 3.56. The monoisotopic (exact) mass is 355 g/mol. The fourth-order valence-corrected chi connectivity index (χ4v) is 2.95. The Labute approximate surface area is 151 Å². The van der Waals surface area contributed by atoms with E-state index < -0.39 is 0 Å². The molecule has 7 heteroatoms. The van der Waals surface area contributed by atoms with Crippen molar-refractivity contribution in [1.29, 1.82) is 0 Å². The Bertz CT molecular complexity index is 822. The van der Waals surface area contributed by atoms with Gasteiger partial charge in [-0.15, -0.1) is 0 Å². The average Bonchev–Trinajstić information content (AvgIpc) is 2.67. The van der Waals surface area contributed by atoms with Gasteiger partial charge in [0.25, 0.3) is 5.91 Å². The second-order valence-electron chi connectivity index (χ2n) is 5.78. The maximum absolute atomic E-state index is 12.8. The zero-order chi connectivity index (χ0) is 18.5. The Hall–Kier alpha value is -3.22. The number of carbonyl (C=O) groups excluding carboxylic acids is 2. The highest BCUT2D eigenvalue weighted by Crippen LogP contribution is 2.32. The molecule has 2 N–H and O–H groups in total. The highest BCUT2D eigenvalue weighted by molar-refractivity contribution is 6.08. The molecule has 0 aliphatic carbocycles. The fraction of sp³-hybridized carbons (Fsp3) is 0.263. The quantitative estimate of drug-likeness (QED) is 0.856. The number of hydrogen-bond acceptors (Lipinski definition) is 5. The first-order valence-corrected chi connectivity index (χ1v) is 8.27. The van der Waals surface area contributed by atoms with Gasteiger partial charge in [0, 0.05) is 13.1 Å². The van der Waals surface area contributed by atoms with Crippen LogP contribution < -0.4 is 25.0 Å². The Morgan fingerprint density at radius 3 is 2.65 bits per heavy atom. The zero-order valence-corrected chi connectivity index (χ0v) is 14.7. The number of anilines is 2. The molecule has 0 spiro atoms. The molecule has 0 saturated carbocycles. The first kappa shape index (κ1) is 17.6. The fourth-order valence-electron chi connectivity index (χ4n) is 2.95. The van der Waals surface area contributed by atoms with Crippen LogP contribution in [0.5, 0.6) is 11.5 Å². The standard InChI is InChI=1S/C19H21N3O4/c1-25-16-9-5-6-13(18(16)26-2)19(24)21-14-7-3-4-8-15(14)22-11-10-20-17(23)12-22/h3-9H,10-12H2,1-2H3,(H,20,23)(H,21,24). The van der Waals surface area contributed by atoms with Crippen molar-refractivity contribution in [3.05, 3.63) is 48.0 Å². The number of benzene rings is 2. The lowest BCUT2D eigenvalue weighted by Gasteiger charge is -2.30. The van der Waals surface area contributed by atoms with Crippen LogP contribution in [0.4, 0.5) is 11.4 Å². The number of carbonyl (C=O) groups is 2. The summed E-state index contributed by atoms with van der Waals surface area (Å²) in [6, 6.07) is 12.6. The molecular weight excluding hydrogens is 334 g/mol. The van der Waals surface area contributed by atoms with Crippen LogP contribution >= 0.6 is 0 Å². The van der Waals surface area contributed by atoms with Gasteiger partial charge in [-0.2, -0.15) is 0 Å². The van der Waals surface area contributed by atoms with Gasteiger partial charge in [0.2, 0.25) is 5.91 Å². The number of piperazine rings is 1. The van der Waals surface area contributed by atoms with E-state index in [4.69, 9.17) is 9.47 Å². The number of methoxy groups -OCH3 is 2. The molecule has 26 heavy (non-hydrogen) atoms. The summed E-state index contributed by atoms with van der Waals surface area (Å²) >= 11 is 0. The maximum atomic E-state index is 12.8. The number of rotatable bonds is 5. The van der Waals surface area contributed by atoms with Gasteiger partial charge >= 0.3 is 0 Å². The van der Waals surface area contributed by atoms with Gasteiger partial charge in [-0.25, -0.2) is 0 Å². The smallest absolute Gasteiger partial charge is 0.259 e. The van der Waals surface area contributed by atoms with Gasteiger partial charge < -0.3 is 25.0 Å². The third-order valence-electron chi connectivity index (χ3n) is 4.18. The van der Waals surface area contributed by atoms with Gasteiger partial charge in [0.15, 0.2) is 11.5 Å². The van der Waals surface area contributed by atoms with Gasteiger partial charge in [0.1, 0.15) is 0 Å². The first-order valence-electron chi connectivity index (χ1n) is 8.27. The summed E-state index contributed by atoms with van der Waals surface area (Å²) in [5.41, 5.74) is 1.81. The van der Waals surface area contributed by atoms with E-state index in [1.807, 2.05) is 29.2 Å². The van der Waals surface area contributed by atoms with Crippen molar-refractivity contribution in [2.75, 3.05) is 44.1 Å². The Kier molecular flexibility index (Phi) is 5.26. The zero-order valence-electron chi connectivity index (χ0n) is 14.7. The van der Waals surface area contributed by atoms with Gasteiger partial charge in [-0.3, -0.25) is 9.59 Å². The Morgan fingerprint density at radius 2 is 1.92 bits per heavy atom. The summed E-state index contributed by atoms with van der Waals surface area (Å²) in [5.74, 6) is 0.518. The van der Waals surface area contributed by atoms with Crippen LogP contribution in [0, 0.1) is 0 Å². The normalized spacial score (nSPS) is 13.8. The van der Waals surface area contributed by atoms with E-state index in [1.54, 1.807) is 18.2 Å². The molecular formula is C19H21N3O4. The van der Waals surface area contributed by atoms with Crippen LogP contribution in [0.2, 0.25) is 0 Å². The number of nitrogens with zero attached hydrogens (tertiary/aromatic N) is 1. The highest BCUT2D eigenvalue weighted by atomic mass is 16.5. The molecule has 3 rings (SSSR count). The van der Waals surface area contributed by atoms with Crippen LogP contribution in [-0.4, -0.2) is 45.7 Å². The molecule has 1 heterocycles. The summed E-state index contributed by atoms with van der Waals surface area (Å²) in [6.07, 6.45) is 0. The molecule has 1 aliphatic rings. The number of nitrogens with one attached hydrogen (secondary N) is 2. The van der Waals surface area contributed by atoms with E-state index in [1.165, 1.54) is 14.2 Å². The minimum absolute atomic E-state index is 0.0353. The van der Waals surface area contributed by atoms with Gasteiger partial charge in [-0.1, -0.05) is 18.2 Å². The summed E-state index contributed by atoms with van der Waals surface area (Å²) in [5, 5.41) is 5.71. The second kappa shape index (κ2) is 7.77. The van der Waals surface area contributed by atoms with Crippen LogP contribution in [0.1, 0.15) is 10.4 Å². The predicted molar refractivity (Wildman–Crippen MR) is 99.2 cm³/mol. The van der Waals surface area contributed by atoms with Crippen LogP contribution in [-0.2, 0) is 4.79 Å². The molecule has 0 atom stereocenters. The summed E-state index contributed by atoms with van der Waals surface area (Å²) in [6.45, 7) is 1.52. The van der Waals surface area contributed by atoms with E-state index in [0.717, 1.165) is 5.69 Å². The van der Waals surface area contributed by atoms with Crippen molar-refractivity contribution >= 4 is 23.2 Å². The van der Waals surface area contributed by atoms with Crippen molar-refractivity contribution in [3.8, 4) is 11.5 Å². The van der Waals surface area contributed by atoms with Crippen molar-refractivity contribution in [2.24, 2.45) is 0 Å². The second-order valence-corrected chi connectivity index (χ2v) is 5.78. The number of hydrogen-bond donors (Lipinski definition) is 2. The molecule has 0 aromatic heterocycles. The molecule has 2 aromatic carbocycles. The first-order chi connectivity index (χ1) is 12.6. The van der Waals surface area contributed by atoms with E-state index in [-0.39, 0.29) is 18.4 Å². The van der Waals surface area contributed by atoms with Crippen LogP contribution in [0.25, 0.3) is 0 Å². The molecule has 1 saturated heterocycles. The lowest BCUT2D eigenvalue weighted by atomic mass is 10.1. The van der Waals surface area contributed by atoms with Crippen LogP contribution in [0.3, 0.4) is 0 Å². The van der Waals surface area contributed by atoms with E-state index >= 15 is 0 Å². The number of amides is 2. The summed E-state index contributed by atoms with van der Waals surface area (Å²) < 4.78 is 10.6. The molecule has 0 radical (unpaired) electrons. The van der Waals surface area contributed by atoms with E-state index in [2.05, 4.69) is 10.6 Å². The molecule has 136 valence electrons. The third-order valence-corrected chi connectivity index (χ3v) is 4.18. The van der Waals surface area contributed by atoms with Gasteiger partial charge in [-0.05, 0) is 24.3 Å². The number of para-hydroxylation sites is 3. The average molecular weight is 355 g/mol. The van der Waals surface area contributed by atoms with Crippen molar-refractivity contribution < 1.29 is 19.1 Å². The van der Waals surface area contributed by atoms with Crippen molar-refractivity contribution in [3.63, 3.8) is 0 Å². The lowest BCUT2D eigenvalue weighted by molar-refractivity contribution is -0.120. The number of ether oxygens (including phenoxy) is 2. The largest absolute Gasteiger partial charge is 0.493 e. The topological polar surface area (TPSA) is 79.9 Å². The molecule has 1 fully saturated rings. The molecule has 0 unspecified atom stereocenters. The van der Waals surface area contributed by atoms with Crippen molar-refractivity contribution in [1.82, 2.24) is 5.32 Å². The van der Waals surface area contributed by atoms with Gasteiger partial charge in [0.05, 0.1) is 37.7 Å². The molecule has 2 amide bonds. The maximum Gasteiger partial charge on any atom is 0.259 e. The molecule has 2 aromatic rings. The molecule has 0 bridgehead atoms. The van der Waals surface area contributed by atoms with Crippen LogP contribution in [0.15, 0.2) is 42.5 Å². The van der Waals surface area contributed by atoms with E-state index in [0.29, 0.717) is 35.8 Å². The highest BCUT2D eigenvalue weighted by Gasteiger charge is 2.21. The lowest BCUT2D eigenvalue weighted by Crippen LogP contribution is -2.47. The van der Waals surface area contributed by atoms with E-state index in [9.17, 15) is 9.59 Å². The molecule has 7 nitrogen and oxygen atoms in total. The SMILES string of the molecule is COc1cccc(C(=O)Nc2ccccc2N2CCNC(=O)C2)c1OC. The van der Waals surface area contributed by atoms with Crippen molar-refractivity contribution in [2.45, 2.75) is 0 Å². The predicted octanol–water partition coefficient (Wildman–Crippen LogP) is 1.89.